The highest BCUT2D eigenvalue weighted by Crippen LogP contribution is 2.39. The molecule has 0 atom stereocenters. The van der Waals surface area contributed by atoms with Gasteiger partial charge in [0.05, 0.1) is 0 Å². The number of nitrogens with zero attached hydrogens (tertiary/aromatic N) is 1. The quantitative estimate of drug-likeness (QED) is 0.179. The first-order valence-electron chi connectivity index (χ1n) is 9.90. The van der Waals surface area contributed by atoms with E-state index in [1.54, 1.807) is 0 Å². The summed E-state index contributed by atoms with van der Waals surface area (Å²) in [7, 11) is 0. The van der Waals surface area contributed by atoms with E-state index in [9.17, 15) is 9.90 Å². The highest BCUT2D eigenvalue weighted by Gasteiger charge is 2.31. The first-order valence-corrected chi connectivity index (χ1v) is 9.90. The summed E-state index contributed by atoms with van der Waals surface area (Å²) in [5.74, 6) is 0.751. The molecule has 0 bridgehead atoms. The standard InChI is InChI=1S/C19H38N4O3.HI/c1-5-20-16(21-12-13-22-17(25)26-18(2,3)4)23-15-19(11-14-24)9-7-6-8-10-19;/h24H,5-15H2,1-4H3,(H,22,25)(H2,20,21,23);1H. The number of aliphatic hydroxyl groups is 1. The minimum atomic E-state index is -0.491. The van der Waals surface area contributed by atoms with Crippen LogP contribution in [0.15, 0.2) is 4.99 Å². The normalized spacial score (nSPS) is 16.9. The average Bonchev–Trinajstić information content (AvgIpc) is 2.56. The van der Waals surface area contributed by atoms with E-state index >= 15 is 0 Å². The Labute approximate surface area is 181 Å². The number of alkyl carbamates (subject to hydrolysis) is 1. The first-order chi connectivity index (χ1) is 12.3. The number of carbonyl (C=O) groups excluding carboxylic acids is 1. The van der Waals surface area contributed by atoms with Gasteiger partial charge in [0.1, 0.15) is 5.60 Å². The molecular weight excluding hydrogens is 459 g/mol. The molecule has 0 heterocycles. The molecule has 0 aliphatic heterocycles. The maximum atomic E-state index is 11.6. The van der Waals surface area contributed by atoms with Crippen LogP contribution >= 0.6 is 24.0 Å². The Morgan fingerprint density at radius 1 is 1.11 bits per heavy atom. The van der Waals surface area contributed by atoms with Crippen molar-refractivity contribution in [3.63, 3.8) is 0 Å². The fourth-order valence-electron chi connectivity index (χ4n) is 3.27. The molecule has 8 heteroatoms. The summed E-state index contributed by atoms with van der Waals surface area (Å²) in [5, 5.41) is 18.6. The fourth-order valence-corrected chi connectivity index (χ4v) is 3.27. The highest BCUT2D eigenvalue weighted by molar-refractivity contribution is 14.0. The molecule has 0 saturated heterocycles. The Morgan fingerprint density at radius 2 is 1.74 bits per heavy atom. The summed E-state index contributed by atoms with van der Waals surface area (Å²) in [6.07, 6.45) is 6.40. The zero-order chi connectivity index (χ0) is 19.5. The van der Waals surface area contributed by atoms with Crippen molar-refractivity contribution < 1.29 is 14.6 Å². The van der Waals surface area contributed by atoms with E-state index in [4.69, 9.17) is 9.73 Å². The van der Waals surface area contributed by atoms with Crippen molar-refractivity contribution in [3.05, 3.63) is 0 Å². The first kappa shape index (κ1) is 26.2. The van der Waals surface area contributed by atoms with Gasteiger partial charge in [-0.25, -0.2) is 4.79 Å². The monoisotopic (exact) mass is 498 g/mol. The lowest BCUT2D eigenvalue weighted by Crippen LogP contribution is -2.43. The van der Waals surface area contributed by atoms with E-state index < -0.39 is 11.7 Å². The van der Waals surface area contributed by atoms with Crippen molar-refractivity contribution in [3.8, 4) is 0 Å². The average molecular weight is 498 g/mol. The second-order valence-corrected chi connectivity index (χ2v) is 8.08. The zero-order valence-corrected chi connectivity index (χ0v) is 19.7. The number of carbonyl (C=O) groups is 1. The maximum Gasteiger partial charge on any atom is 0.407 e. The summed E-state index contributed by atoms with van der Waals surface area (Å²) >= 11 is 0. The number of aliphatic imine (C=N–C) groups is 1. The van der Waals surface area contributed by atoms with Gasteiger partial charge in [-0.05, 0) is 52.4 Å². The number of hydrogen-bond donors (Lipinski definition) is 4. The van der Waals surface area contributed by atoms with Crippen molar-refractivity contribution in [2.45, 2.75) is 71.8 Å². The molecule has 0 aromatic carbocycles. The number of ether oxygens (including phenoxy) is 1. The van der Waals surface area contributed by atoms with Gasteiger partial charge in [0.2, 0.25) is 0 Å². The zero-order valence-electron chi connectivity index (χ0n) is 17.4. The van der Waals surface area contributed by atoms with Crippen LogP contribution in [0.5, 0.6) is 0 Å². The molecule has 160 valence electrons. The van der Waals surface area contributed by atoms with Gasteiger partial charge in [-0.2, -0.15) is 0 Å². The van der Waals surface area contributed by atoms with Gasteiger partial charge in [0, 0.05) is 32.8 Å². The molecular formula is C19H39IN4O3. The summed E-state index contributed by atoms with van der Waals surface area (Å²) < 4.78 is 5.21. The molecule has 1 amide bonds. The summed E-state index contributed by atoms with van der Waals surface area (Å²) in [5.41, 5.74) is -0.362. The van der Waals surface area contributed by atoms with E-state index in [1.165, 1.54) is 19.3 Å². The molecule has 1 saturated carbocycles. The molecule has 1 fully saturated rings. The molecule has 0 aromatic rings. The second kappa shape index (κ2) is 13.4. The number of rotatable bonds is 8. The van der Waals surface area contributed by atoms with E-state index in [0.717, 1.165) is 38.3 Å². The summed E-state index contributed by atoms with van der Waals surface area (Å²) in [6, 6.07) is 0. The van der Waals surface area contributed by atoms with Crippen molar-refractivity contribution in [1.82, 2.24) is 16.0 Å². The van der Waals surface area contributed by atoms with Gasteiger partial charge >= 0.3 is 6.09 Å². The van der Waals surface area contributed by atoms with Gasteiger partial charge in [-0.3, -0.25) is 4.99 Å². The van der Waals surface area contributed by atoms with Crippen LogP contribution in [0.3, 0.4) is 0 Å². The number of amides is 1. The summed E-state index contributed by atoms with van der Waals surface area (Å²) in [6.45, 7) is 10.3. The Bertz CT molecular complexity index is 441. The van der Waals surface area contributed by atoms with Crippen LogP contribution in [0.1, 0.15) is 66.2 Å². The van der Waals surface area contributed by atoms with Crippen molar-refractivity contribution in [2.24, 2.45) is 10.4 Å². The predicted molar refractivity (Wildman–Crippen MR) is 121 cm³/mol. The van der Waals surface area contributed by atoms with Crippen molar-refractivity contribution >= 4 is 36.0 Å². The van der Waals surface area contributed by atoms with Gasteiger partial charge in [-0.1, -0.05) is 19.3 Å². The summed E-state index contributed by atoms with van der Waals surface area (Å²) in [4.78, 5) is 16.4. The fraction of sp³-hybridized carbons (Fsp3) is 0.895. The third-order valence-electron chi connectivity index (χ3n) is 4.56. The lowest BCUT2D eigenvalue weighted by Gasteiger charge is -2.35. The van der Waals surface area contributed by atoms with Crippen LogP contribution < -0.4 is 16.0 Å². The second-order valence-electron chi connectivity index (χ2n) is 8.08. The van der Waals surface area contributed by atoms with E-state index in [0.29, 0.717) is 13.1 Å². The van der Waals surface area contributed by atoms with E-state index in [1.807, 2.05) is 27.7 Å². The van der Waals surface area contributed by atoms with Crippen LogP contribution in [0.2, 0.25) is 0 Å². The molecule has 1 rings (SSSR count). The van der Waals surface area contributed by atoms with Gasteiger partial charge in [0.15, 0.2) is 5.96 Å². The lowest BCUT2D eigenvalue weighted by molar-refractivity contribution is 0.0529. The van der Waals surface area contributed by atoms with Gasteiger partial charge < -0.3 is 25.8 Å². The SMILES string of the molecule is CCNC(=NCC1(CCO)CCCCC1)NCCNC(=O)OC(C)(C)C.I. The molecule has 1 aliphatic carbocycles. The maximum absolute atomic E-state index is 11.6. The molecule has 4 N–H and O–H groups in total. The minimum absolute atomic E-state index is 0. The number of aliphatic hydroxyl groups excluding tert-OH is 1. The smallest absolute Gasteiger partial charge is 0.407 e. The van der Waals surface area contributed by atoms with Crippen LogP contribution in [0.25, 0.3) is 0 Å². The third kappa shape index (κ3) is 11.6. The number of guanidine groups is 1. The van der Waals surface area contributed by atoms with Crippen LogP contribution in [0, 0.1) is 5.41 Å². The molecule has 0 aromatic heterocycles. The molecule has 0 unspecified atom stereocenters. The molecule has 0 spiro atoms. The van der Waals surface area contributed by atoms with Crippen molar-refractivity contribution in [2.75, 3.05) is 32.8 Å². The van der Waals surface area contributed by atoms with Crippen LogP contribution in [-0.2, 0) is 4.74 Å². The van der Waals surface area contributed by atoms with Crippen LogP contribution in [0.4, 0.5) is 4.79 Å². The Hall–Kier alpha value is -0.770. The van der Waals surface area contributed by atoms with E-state index in [-0.39, 0.29) is 36.0 Å². The van der Waals surface area contributed by atoms with Gasteiger partial charge in [0.25, 0.3) is 0 Å². The number of nitrogens with one attached hydrogen (secondary N) is 3. The Balaban J connectivity index is 0.00000676. The lowest BCUT2D eigenvalue weighted by atomic mass is 9.72. The predicted octanol–water partition coefficient (Wildman–Crippen LogP) is 3.02. The Kier molecular flexibility index (Phi) is 13.0. The van der Waals surface area contributed by atoms with E-state index in [2.05, 4.69) is 16.0 Å². The minimum Gasteiger partial charge on any atom is -0.444 e. The highest BCUT2D eigenvalue weighted by atomic mass is 127. The Morgan fingerprint density at radius 3 is 2.30 bits per heavy atom. The van der Waals surface area contributed by atoms with Crippen molar-refractivity contribution in [1.29, 1.82) is 0 Å². The number of halogens is 1. The number of hydrogen-bond acceptors (Lipinski definition) is 4. The third-order valence-corrected chi connectivity index (χ3v) is 4.56. The molecule has 1 aliphatic rings. The largest absolute Gasteiger partial charge is 0.444 e. The molecule has 7 nitrogen and oxygen atoms in total. The van der Waals surface area contributed by atoms with Gasteiger partial charge in [-0.15, -0.1) is 24.0 Å². The molecule has 27 heavy (non-hydrogen) atoms. The topological polar surface area (TPSA) is 95.0 Å². The molecule has 0 radical (unpaired) electrons. The van der Waals surface area contributed by atoms with Crippen LogP contribution in [-0.4, -0.2) is 55.5 Å².